The summed E-state index contributed by atoms with van der Waals surface area (Å²) in [5.41, 5.74) is 2.79. The monoisotopic (exact) mass is 410 g/mol. The smallest absolute Gasteiger partial charge is 0.759 e. The first-order valence-corrected chi connectivity index (χ1v) is 9.35. The van der Waals surface area contributed by atoms with Gasteiger partial charge >= 0.3 is 59.1 Å². The van der Waals surface area contributed by atoms with Crippen molar-refractivity contribution in [2.24, 2.45) is 0 Å². The molecule has 0 saturated carbocycles. The van der Waals surface area contributed by atoms with E-state index in [4.69, 9.17) is 17.5 Å². The van der Waals surface area contributed by atoms with Crippen molar-refractivity contribution < 1.29 is 76.6 Å². The largest absolute Gasteiger partial charge is 1.00 e. The second-order valence-electron chi connectivity index (χ2n) is 5.86. The van der Waals surface area contributed by atoms with Crippen molar-refractivity contribution >= 4 is 31.9 Å². The number of rotatable bonds is 2. The van der Waals surface area contributed by atoms with Gasteiger partial charge in [0.1, 0.15) is 0 Å². The molecule has 0 aromatic heterocycles. The summed E-state index contributed by atoms with van der Waals surface area (Å²) in [7, 11) is -5.17. The Morgan fingerprint density at radius 2 is 0.893 bits per heavy atom. The molecule has 0 amide bonds. The molecule has 132 valence electrons. The van der Waals surface area contributed by atoms with E-state index < -0.39 is 10.4 Å². The van der Waals surface area contributed by atoms with Gasteiger partial charge in [0, 0.05) is 10.4 Å². The first kappa shape index (κ1) is 25.3. The Balaban J connectivity index is 0.000000504. The van der Waals surface area contributed by atoms with Crippen molar-refractivity contribution in [1.82, 2.24) is 0 Å². The summed E-state index contributed by atoms with van der Waals surface area (Å²) in [6, 6.07) is 30.4. The van der Waals surface area contributed by atoms with Crippen LogP contribution in [-0.4, -0.2) is 17.5 Å². The number of hydrogen-bond donors (Lipinski definition) is 0. The van der Waals surface area contributed by atoms with Crippen LogP contribution in [0.4, 0.5) is 0 Å². The molecule has 0 heterocycles. The third-order valence-corrected chi connectivity index (χ3v) is 4.14. The van der Waals surface area contributed by atoms with Gasteiger partial charge in [-0.1, -0.05) is 84.9 Å². The molecule has 0 unspecified atom stereocenters. The Kier molecular flexibility index (Phi) is 10.4. The topological polar surface area (TPSA) is 80.3 Å². The standard InChI is InChI=1S/C21H16.2Na.H2O4S/c1-3-13-20-16(7-1)9-5-11-18(20)15-19-12-6-10-17-8-2-4-14-21(17)19;;;1-5(2,3)4/h1-14H,15H2;;;(H2,1,2,3,4)/q;2*+1;/p-2. The normalized spacial score (nSPS) is 10.4. The van der Waals surface area contributed by atoms with Crippen LogP contribution in [0.5, 0.6) is 0 Å². The Hall–Kier alpha value is -0.730. The molecule has 0 aliphatic carbocycles. The fourth-order valence-electron chi connectivity index (χ4n) is 3.10. The van der Waals surface area contributed by atoms with Gasteiger partial charge in [-0.25, -0.2) is 0 Å². The zero-order valence-electron chi connectivity index (χ0n) is 15.8. The van der Waals surface area contributed by atoms with Crippen molar-refractivity contribution in [2.45, 2.75) is 6.42 Å². The second kappa shape index (κ2) is 11.5. The summed E-state index contributed by atoms with van der Waals surface area (Å²) in [6.07, 6.45) is 0.975. The maximum absolute atomic E-state index is 8.52. The van der Waals surface area contributed by atoms with Gasteiger partial charge in [-0.3, -0.25) is 8.42 Å². The minimum atomic E-state index is -5.17. The summed E-state index contributed by atoms with van der Waals surface area (Å²) >= 11 is 0. The van der Waals surface area contributed by atoms with Crippen molar-refractivity contribution in [1.29, 1.82) is 0 Å². The first-order valence-electron chi connectivity index (χ1n) is 8.02. The van der Waals surface area contributed by atoms with Crippen LogP contribution in [0.1, 0.15) is 11.1 Å². The third-order valence-electron chi connectivity index (χ3n) is 4.14. The molecule has 0 fully saturated rings. The molecule has 0 saturated heterocycles. The zero-order valence-corrected chi connectivity index (χ0v) is 20.6. The molecule has 0 N–H and O–H groups in total. The SMILES string of the molecule is O=S(=O)([O-])[O-].[Na+].[Na+].c1ccc2c(Cc3cccc4ccccc34)cccc2c1. The predicted molar refractivity (Wildman–Crippen MR) is 101 cm³/mol. The van der Waals surface area contributed by atoms with E-state index in [0.717, 1.165) is 6.42 Å². The van der Waals surface area contributed by atoms with Crippen LogP contribution in [0.25, 0.3) is 21.5 Å². The van der Waals surface area contributed by atoms with Gasteiger partial charge < -0.3 is 9.11 Å². The fraction of sp³-hybridized carbons (Fsp3) is 0.0476. The molecule has 0 radical (unpaired) electrons. The summed E-state index contributed by atoms with van der Waals surface area (Å²) in [5.74, 6) is 0. The minimum Gasteiger partial charge on any atom is -0.759 e. The molecular weight excluding hydrogens is 394 g/mol. The van der Waals surface area contributed by atoms with E-state index in [0.29, 0.717) is 0 Å². The van der Waals surface area contributed by atoms with Crippen molar-refractivity contribution in [3.05, 3.63) is 96.1 Å². The van der Waals surface area contributed by atoms with Crippen LogP contribution in [0.15, 0.2) is 84.9 Å². The molecule has 0 atom stereocenters. The van der Waals surface area contributed by atoms with Crippen LogP contribution in [-0.2, 0) is 16.8 Å². The third kappa shape index (κ3) is 7.26. The summed E-state index contributed by atoms with van der Waals surface area (Å²) in [5, 5.41) is 5.34. The molecular formula is C21H16Na2O4S. The van der Waals surface area contributed by atoms with Gasteiger partial charge in [0.25, 0.3) is 0 Å². The Morgan fingerprint density at radius 3 is 1.29 bits per heavy atom. The Morgan fingerprint density at radius 1 is 0.571 bits per heavy atom. The summed E-state index contributed by atoms with van der Waals surface area (Å²) in [6.45, 7) is 0. The van der Waals surface area contributed by atoms with Crippen LogP contribution in [0.2, 0.25) is 0 Å². The van der Waals surface area contributed by atoms with Gasteiger partial charge in [0.15, 0.2) is 0 Å². The van der Waals surface area contributed by atoms with E-state index in [-0.39, 0.29) is 59.1 Å². The maximum atomic E-state index is 8.52. The summed E-state index contributed by atoms with van der Waals surface area (Å²) < 4.78 is 34.1. The number of fused-ring (bicyclic) bond motifs is 2. The number of hydrogen-bond acceptors (Lipinski definition) is 4. The van der Waals surface area contributed by atoms with Crippen molar-refractivity contribution in [2.75, 3.05) is 0 Å². The number of benzene rings is 4. The molecule has 0 aliphatic rings. The molecule has 7 heteroatoms. The van der Waals surface area contributed by atoms with E-state index in [1.165, 1.54) is 32.7 Å². The van der Waals surface area contributed by atoms with E-state index in [9.17, 15) is 0 Å². The van der Waals surface area contributed by atoms with Crippen LogP contribution < -0.4 is 59.1 Å². The van der Waals surface area contributed by atoms with E-state index in [1.807, 2.05) is 0 Å². The first-order chi connectivity index (χ1) is 12.4. The molecule has 0 aliphatic heterocycles. The summed E-state index contributed by atoms with van der Waals surface area (Å²) in [4.78, 5) is 0. The van der Waals surface area contributed by atoms with Gasteiger partial charge in [-0.15, -0.1) is 0 Å². The maximum Gasteiger partial charge on any atom is 1.00 e. The van der Waals surface area contributed by atoms with Gasteiger partial charge in [-0.05, 0) is 39.1 Å². The van der Waals surface area contributed by atoms with Crippen LogP contribution in [0, 0.1) is 0 Å². The molecule has 4 aromatic carbocycles. The van der Waals surface area contributed by atoms with Crippen LogP contribution in [0.3, 0.4) is 0 Å². The molecule has 4 nitrogen and oxygen atoms in total. The molecule has 4 aromatic rings. The molecule has 0 bridgehead atoms. The van der Waals surface area contributed by atoms with Crippen molar-refractivity contribution in [3.63, 3.8) is 0 Å². The van der Waals surface area contributed by atoms with E-state index in [1.54, 1.807) is 0 Å². The molecule has 0 spiro atoms. The zero-order chi connectivity index (χ0) is 18.6. The second-order valence-corrected chi connectivity index (χ2v) is 6.68. The van der Waals surface area contributed by atoms with Gasteiger partial charge in [0.05, 0.1) is 0 Å². The van der Waals surface area contributed by atoms with E-state index >= 15 is 0 Å². The molecule has 28 heavy (non-hydrogen) atoms. The predicted octanol–water partition coefficient (Wildman–Crippen LogP) is -1.75. The average molecular weight is 410 g/mol. The van der Waals surface area contributed by atoms with E-state index in [2.05, 4.69) is 84.9 Å². The van der Waals surface area contributed by atoms with Crippen molar-refractivity contribution in [3.8, 4) is 0 Å². The Labute approximate surface area is 209 Å². The average Bonchev–Trinajstić information content (AvgIpc) is 2.61. The fourth-order valence-corrected chi connectivity index (χ4v) is 3.10. The Bertz CT molecular complexity index is 1070. The van der Waals surface area contributed by atoms with Crippen LogP contribution >= 0.6 is 0 Å². The van der Waals surface area contributed by atoms with Gasteiger partial charge in [0.2, 0.25) is 0 Å². The molecule has 4 rings (SSSR count). The van der Waals surface area contributed by atoms with Gasteiger partial charge in [-0.2, -0.15) is 0 Å². The minimum absolute atomic E-state index is 0. The quantitative estimate of drug-likeness (QED) is 0.223.